The van der Waals surface area contributed by atoms with Gasteiger partial charge in [-0.05, 0) is 19.3 Å². The third-order valence-electron chi connectivity index (χ3n) is 2.76. The molecule has 0 aliphatic carbocycles. The lowest BCUT2D eigenvalue weighted by Crippen LogP contribution is -2.31. The maximum atomic E-state index is 9.46. The minimum atomic E-state index is -0.0506. The first-order valence-corrected chi connectivity index (χ1v) is 4.30. The zero-order valence-electron chi connectivity index (χ0n) is 6.21. The molecule has 0 radical (unpaired) electrons. The van der Waals surface area contributed by atoms with Crippen molar-refractivity contribution in [1.82, 2.24) is 5.32 Å². The molecule has 2 heterocycles. The fourth-order valence-electron chi connectivity index (χ4n) is 2.17. The highest BCUT2D eigenvalue weighted by Gasteiger charge is 2.33. The van der Waals surface area contributed by atoms with E-state index < -0.39 is 0 Å². The molecule has 2 aliphatic rings. The van der Waals surface area contributed by atoms with Crippen LogP contribution in [0.15, 0.2) is 0 Å². The van der Waals surface area contributed by atoms with Crippen molar-refractivity contribution < 1.29 is 5.11 Å². The van der Waals surface area contributed by atoms with Gasteiger partial charge in [0.15, 0.2) is 0 Å². The highest BCUT2D eigenvalue weighted by molar-refractivity contribution is 4.92. The van der Waals surface area contributed by atoms with Gasteiger partial charge in [-0.15, -0.1) is 0 Å². The van der Waals surface area contributed by atoms with E-state index in [4.69, 9.17) is 0 Å². The second-order valence-corrected chi connectivity index (χ2v) is 3.56. The summed E-state index contributed by atoms with van der Waals surface area (Å²) >= 11 is 0. The van der Waals surface area contributed by atoms with Crippen LogP contribution in [0.3, 0.4) is 0 Å². The van der Waals surface area contributed by atoms with E-state index >= 15 is 0 Å². The molecule has 3 atom stereocenters. The van der Waals surface area contributed by atoms with Gasteiger partial charge in [0.1, 0.15) is 0 Å². The fraction of sp³-hybridized carbons (Fsp3) is 1.00. The number of hydrogen-bond acceptors (Lipinski definition) is 2. The van der Waals surface area contributed by atoms with E-state index in [9.17, 15) is 5.11 Å². The lowest BCUT2D eigenvalue weighted by atomic mass is 9.99. The Morgan fingerprint density at radius 3 is 2.90 bits per heavy atom. The van der Waals surface area contributed by atoms with Gasteiger partial charge in [0, 0.05) is 12.1 Å². The van der Waals surface area contributed by atoms with E-state index in [1.54, 1.807) is 0 Å². The van der Waals surface area contributed by atoms with Crippen LogP contribution in [0.25, 0.3) is 0 Å². The topological polar surface area (TPSA) is 32.3 Å². The molecule has 2 fully saturated rings. The van der Waals surface area contributed by atoms with Gasteiger partial charge in [-0.1, -0.05) is 12.8 Å². The van der Waals surface area contributed by atoms with Gasteiger partial charge in [0.05, 0.1) is 6.10 Å². The Balaban J connectivity index is 2.03. The summed E-state index contributed by atoms with van der Waals surface area (Å²) in [5.74, 6) is 0. The molecule has 10 heavy (non-hydrogen) atoms. The van der Waals surface area contributed by atoms with Crippen molar-refractivity contribution in [3.8, 4) is 0 Å². The molecule has 2 bridgehead atoms. The normalized spacial score (nSPS) is 47.1. The Kier molecular flexibility index (Phi) is 1.66. The SMILES string of the molecule is O[C@H]1C[C@H]2CCCC[C@@H]1N2. The van der Waals surface area contributed by atoms with Gasteiger partial charge in [0.25, 0.3) is 0 Å². The van der Waals surface area contributed by atoms with Gasteiger partial charge >= 0.3 is 0 Å². The zero-order valence-corrected chi connectivity index (χ0v) is 6.21. The van der Waals surface area contributed by atoms with Crippen LogP contribution < -0.4 is 5.32 Å². The first-order valence-electron chi connectivity index (χ1n) is 4.30. The molecule has 0 aromatic heterocycles. The lowest BCUT2D eigenvalue weighted by molar-refractivity contribution is 0.150. The van der Waals surface area contributed by atoms with Crippen LogP contribution in [-0.2, 0) is 0 Å². The summed E-state index contributed by atoms with van der Waals surface area (Å²) in [5.41, 5.74) is 0. The van der Waals surface area contributed by atoms with Gasteiger partial charge in [-0.3, -0.25) is 0 Å². The zero-order chi connectivity index (χ0) is 6.97. The van der Waals surface area contributed by atoms with Gasteiger partial charge < -0.3 is 10.4 Å². The van der Waals surface area contributed by atoms with Crippen LogP contribution in [0.5, 0.6) is 0 Å². The van der Waals surface area contributed by atoms with Crippen molar-refractivity contribution in [2.75, 3.05) is 0 Å². The largest absolute Gasteiger partial charge is 0.391 e. The van der Waals surface area contributed by atoms with Crippen LogP contribution in [0.2, 0.25) is 0 Å². The molecule has 2 heteroatoms. The van der Waals surface area contributed by atoms with Crippen LogP contribution >= 0.6 is 0 Å². The average Bonchev–Trinajstić information content (AvgIpc) is 2.18. The van der Waals surface area contributed by atoms with Crippen molar-refractivity contribution in [1.29, 1.82) is 0 Å². The molecule has 58 valence electrons. The summed E-state index contributed by atoms with van der Waals surface area (Å²) in [6.07, 6.45) is 6.03. The molecule has 2 saturated heterocycles. The summed E-state index contributed by atoms with van der Waals surface area (Å²) in [5, 5.41) is 12.9. The molecular weight excluding hydrogens is 126 g/mol. The maximum Gasteiger partial charge on any atom is 0.0708 e. The molecular formula is C8H15NO. The van der Waals surface area contributed by atoms with E-state index in [0.717, 1.165) is 6.42 Å². The average molecular weight is 141 g/mol. The maximum absolute atomic E-state index is 9.46. The molecule has 2 N–H and O–H groups in total. The van der Waals surface area contributed by atoms with Crippen molar-refractivity contribution in [2.24, 2.45) is 0 Å². The van der Waals surface area contributed by atoms with Crippen molar-refractivity contribution in [3.63, 3.8) is 0 Å². The van der Waals surface area contributed by atoms with Crippen LogP contribution in [0.4, 0.5) is 0 Å². The third kappa shape index (κ3) is 1.06. The number of nitrogens with one attached hydrogen (secondary N) is 1. The quantitative estimate of drug-likeness (QED) is 0.519. The molecule has 2 rings (SSSR count). The number of rotatable bonds is 0. The highest BCUT2D eigenvalue weighted by atomic mass is 16.3. The molecule has 0 amide bonds. The van der Waals surface area contributed by atoms with Gasteiger partial charge in [-0.25, -0.2) is 0 Å². The second-order valence-electron chi connectivity index (χ2n) is 3.56. The number of aliphatic hydroxyl groups is 1. The molecule has 0 aromatic carbocycles. The van der Waals surface area contributed by atoms with Crippen molar-refractivity contribution >= 4 is 0 Å². The molecule has 0 saturated carbocycles. The van der Waals surface area contributed by atoms with Gasteiger partial charge in [0.2, 0.25) is 0 Å². The van der Waals surface area contributed by atoms with Crippen molar-refractivity contribution in [2.45, 2.75) is 50.3 Å². The Labute approximate surface area is 61.6 Å². The van der Waals surface area contributed by atoms with E-state index in [2.05, 4.69) is 5.32 Å². The number of aliphatic hydroxyl groups excluding tert-OH is 1. The monoisotopic (exact) mass is 141 g/mol. The van der Waals surface area contributed by atoms with Gasteiger partial charge in [-0.2, -0.15) is 0 Å². The smallest absolute Gasteiger partial charge is 0.0708 e. The molecule has 2 nitrogen and oxygen atoms in total. The third-order valence-corrected chi connectivity index (χ3v) is 2.76. The first-order chi connectivity index (χ1) is 4.86. The Bertz CT molecular complexity index is 126. The summed E-state index contributed by atoms with van der Waals surface area (Å²) in [6, 6.07) is 1.05. The summed E-state index contributed by atoms with van der Waals surface area (Å²) in [6.45, 7) is 0. The van der Waals surface area contributed by atoms with E-state index in [0.29, 0.717) is 12.1 Å². The summed E-state index contributed by atoms with van der Waals surface area (Å²) in [4.78, 5) is 0. The predicted octanol–water partition coefficient (Wildman–Crippen LogP) is 0.652. The first kappa shape index (κ1) is 6.62. The van der Waals surface area contributed by atoms with E-state index in [1.807, 2.05) is 0 Å². The van der Waals surface area contributed by atoms with Crippen molar-refractivity contribution in [3.05, 3.63) is 0 Å². The standard InChI is InChI=1S/C8H15NO/c10-8-5-6-3-1-2-4-7(8)9-6/h6-10H,1-5H2/t6-,7+,8+/m1/s1. The van der Waals surface area contributed by atoms with Crippen LogP contribution in [0.1, 0.15) is 32.1 Å². The Morgan fingerprint density at radius 1 is 1.20 bits per heavy atom. The molecule has 2 aliphatic heterocycles. The fourth-order valence-corrected chi connectivity index (χ4v) is 2.17. The van der Waals surface area contributed by atoms with Crippen LogP contribution in [0, 0.1) is 0 Å². The molecule has 0 aromatic rings. The number of hydrogen-bond donors (Lipinski definition) is 2. The minimum absolute atomic E-state index is 0.0506. The predicted molar refractivity (Wildman–Crippen MR) is 39.8 cm³/mol. The molecule has 0 unspecified atom stereocenters. The summed E-state index contributed by atoms with van der Waals surface area (Å²) < 4.78 is 0. The Hall–Kier alpha value is -0.0800. The van der Waals surface area contributed by atoms with E-state index in [1.165, 1.54) is 25.7 Å². The summed E-state index contributed by atoms with van der Waals surface area (Å²) in [7, 11) is 0. The minimum Gasteiger partial charge on any atom is -0.391 e. The van der Waals surface area contributed by atoms with Crippen LogP contribution in [-0.4, -0.2) is 23.3 Å². The molecule has 0 spiro atoms. The highest BCUT2D eigenvalue weighted by Crippen LogP contribution is 2.25. The lowest BCUT2D eigenvalue weighted by Gasteiger charge is -2.12. The second kappa shape index (κ2) is 2.51. The number of fused-ring (bicyclic) bond motifs is 2. The van der Waals surface area contributed by atoms with E-state index in [-0.39, 0.29) is 6.10 Å². The Morgan fingerprint density at radius 2 is 2.00 bits per heavy atom.